The summed E-state index contributed by atoms with van der Waals surface area (Å²) in [6, 6.07) is 4.62. The molecule has 0 aromatic heterocycles. The van der Waals surface area contributed by atoms with Crippen LogP contribution in [-0.4, -0.2) is 11.9 Å². The number of hydrogen-bond acceptors (Lipinski definition) is 2. The van der Waals surface area contributed by atoms with E-state index in [-0.39, 0.29) is 17.6 Å². The van der Waals surface area contributed by atoms with Gasteiger partial charge in [0.05, 0.1) is 5.69 Å². The van der Waals surface area contributed by atoms with Gasteiger partial charge in [-0.25, -0.2) is 4.39 Å². The van der Waals surface area contributed by atoms with Crippen LogP contribution in [0.1, 0.15) is 19.8 Å². The van der Waals surface area contributed by atoms with Crippen LogP contribution in [0.3, 0.4) is 0 Å². The fourth-order valence-corrected chi connectivity index (χ4v) is 1.89. The minimum atomic E-state index is -0.473. The van der Waals surface area contributed by atoms with Gasteiger partial charge < -0.3 is 10.6 Å². The van der Waals surface area contributed by atoms with Crippen molar-refractivity contribution < 1.29 is 9.18 Å². The molecule has 1 aliphatic heterocycles. The van der Waals surface area contributed by atoms with E-state index in [1.165, 1.54) is 12.1 Å². The third-order valence-electron chi connectivity index (χ3n) is 2.75. The summed E-state index contributed by atoms with van der Waals surface area (Å²) in [6.07, 6.45) is 1.36. The van der Waals surface area contributed by atoms with E-state index >= 15 is 0 Å². The minimum Gasteiger partial charge on any atom is -0.396 e. The molecule has 2 rings (SSSR count). The van der Waals surface area contributed by atoms with Crippen molar-refractivity contribution in [1.29, 1.82) is 0 Å². The maximum absolute atomic E-state index is 13.2. The van der Waals surface area contributed by atoms with Crippen LogP contribution in [0.4, 0.5) is 15.8 Å². The third kappa shape index (κ3) is 1.67. The SMILES string of the molecule is CC1CCC(=O)N1c1ccc(N)c(F)c1. The lowest BCUT2D eigenvalue weighted by molar-refractivity contribution is -0.117. The van der Waals surface area contributed by atoms with Gasteiger partial charge in [0.2, 0.25) is 5.91 Å². The average Bonchev–Trinajstić information content (AvgIpc) is 2.52. The number of hydrogen-bond donors (Lipinski definition) is 1. The number of rotatable bonds is 1. The molecular formula is C11H13FN2O. The van der Waals surface area contributed by atoms with Crippen LogP contribution in [0.25, 0.3) is 0 Å². The van der Waals surface area contributed by atoms with Crippen molar-refractivity contribution >= 4 is 17.3 Å². The molecule has 0 spiro atoms. The van der Waals surface area contributed by atoms with Crippen molar-refractivity contribution in [3.63, 3.8) is 0 Å². The smallest absolute Gasteiger partial charge is 0.227 e. The van der Waals surface area contributed by atoms with Gasteiger partial charge in [0.25, 0.3) is 0 Å². The van der Waals surface area contributed by atoms with Gasteiger partial charge in [0.15, 0.2) is 0 Å². The van der Waals surface area contributed by atoms with Gasteiger partial charge in [-0.3, -0.25) is 4.79 Å². The predicted octanol–water partition coefficient (Wildman–Crippen LogP) is 1.92. The number of carbonyl (C=O) groups excluding carboxylic acids is 1. The number of anilines is 2. The van der Waals surface area contributed by atoms with Gasteiger partial charge >= 0.3 is 0 Å². The molecular weight excluding hydrogens is 195 g/mol. The Hall–Kier alpha value is -1.58. The van der Waals surface area contributed by atoms with Crippen molar-refractivity contribution in [2.75, 3.05) is 10.6 Å². The molecule has 1 atom stereocenters. The fraction of sp³-hybridized carbons (Fsp3) is 0.364. The summed E-state index contributed by atoms with van der Waals surface area (Å²) in [4.78, 5) is 13.2. The van der Waals surface area contributed by atoms with Crippen molar-refractivity contribution in [2.24, 2.45) is 0 Å². The highest BCUT2D eigenvalue weighted by Crippen LogP contribution is 2.28. The maximum Gasteiger partial charge on any atom is 0.227 e. The Bertz CT molecular complexity index is 406. The Morgan fingerprint density at radius 3 is 2.80 bits per heavy atom. The van der Waals surface area contributed by atoms with Crippen LogP contribution in [0, 0.1) is 5.82 Å². The first-order valence-electron chi connectivity index (χ1n) is 4.96. The van der Waals surface area contributed by atoms with Crippen molar-refractivity contribution in [2.45, 2.75) is 25.8 Å². The maximum atomic E-state index is 13.2. The summed E-state index contributed by atoms with van der Waals surface area (Å²) in [5, 5.41) is 0. The number of carbonyl (C=O) groups is 1. The Morgan fingerprint density at radius 1 is 1.53 bits per heavy atom. The largest absolute Gasteiger partial charge is 0.396 e. The summed E-state index contributed by atoms with van der Waals surface area (Å²) < 4.78 is 13.2. The topological polar surface area (TPSA) is 46.3 Å². The summed E-state index contributed by atoms with van der Waals surface area (Å²) in [7, 11) is 0. The molecule has 1 heterocycles. The van der Waals surface area contributed by atoms with E-state index in [1.54, 1.807) is 11.0 Å². The lowest BCUT2D eigenvalue weighted by Gasteiger charge is -2.21. The molecule has 2 N–H and O–H groups in total. The number of nitrogen functional groups attached to an aromatic ring is 1. The van der Waals surface area contributed by atoms with Crippen LogP contribution < -0.4 is 10.6 Å². The predicted molar refractivity (Wildman–Crippen MR) is 57.0 cm³/mol. The first kappa shape index (κ1) is 9.96. The van der Waals surface area contributed by atoms with Crippen molar-refractivity contribution in [3.8, 4) is 0 Å². The second-order valence-electron chi connectivity index (χ2n) is 3.86. The first-order valence-corrected chi connectivity index (χ1v) is 4.96. The van der Waals surface area contributed by atoms with Gasteiger partial charge in [-0.05, 0) is 31.5 Å². The molecule has 1 unspecified atom stereocenters. The van der Waals surface area contributed by atoms with E-state index < -0.39 is 5.82 Å². The molecule has 1 aliphatic rings. The molecule has 15 heavy (non-hydrogen) atoms. The van der Waals surface area contributed by atoms with Gasteiger partial charge in [0.1, 0.15) is 5.82 Å². The standard InChI is InChI=1S/C11H13FN2O/c1-7-2-5-11(15)14(7)8-3-4-10(13)9(12)6-8/h3-4,6-7H,2,5,13H2,1H3. The summed E-state index contributed by atoms with van der Waals surface area (Å²) in [5.74, 6) is -0.425. The highest BCUT2D eigenvalue weighted by molar-refractivity contribution is 5.96. The molecule has 4 heteroatoms. The van der Waals surface area contributed by atoms with Crippen molar-refractivity contribution in [1.82, 2.24) is 0 Å². The lowest BCUT2D eigenvalue weighted by atomic mass is 10.2. The van der Waals surface area contributed by atoms with Gasteiger partial charge in [0, 0.05) is 18.2 Å². The summed E-state index contributed by atoms with van der Waals surface area (Å²) >= 11 is 0. The molecule has 1 saturated heterocycles. The molecule has 1 amide bonds. The van der Waals surface area contributed by atoms with E-state index in [2.05, 4.69) is 0 Å². The van der Waals surface area contributed by atoms with Crippen LogP contribution in [0.2, 0.25) is 0 Å². The quantitative estimate of drug-likeness (QED) is 0.717. The molecule has 1 aromatic carbocycles. The second-order valence-corrected chi connectivity index (χ2v) is 3.86. The zero-order valence-corrected chi connectivity index (χ0v) is 8.53. The molecule has 3 nitrogen and oxygen atoms in total. The van der Waals surface area contributed by atoms with E-state index in [4.69, 9.17) is 5.73 Å². The van der Waals surface area contributed by atoms with Crippen LogP contribution >= 0.6 is 0 Å². The fourth-order valence-electron chi connectivity index (χ4n) is 1.89. The highest BCUT2D eigenvalue weighted by atomic mass is 19.1. The number of nitrogens with zero attached hydrogens (tertiary/aromatic N) is 1. The number of benzene rings is 1. The zero-order chi connectivity index (χ0) is 11.0. The number of halogens is 1. The van der Waals surface area contributed by atoms with Crippen molar-refractivity contribution in [3.05, 3.63) is 24.0 Å². The lowest BCUT2D eigenvalue weighted by Crippen LogP contribution is -2.30. The monoisotopic (exact) mass is 208 g/mol. The van der Waals surface area contributed by atoms with Gasteiger partial charge in [-0.15, -0.1) is 0 Å². The average molecular weight is 208 g/mol. The number of amides is 1. The zero-order valence-electron chi connectivity index (χ0n) is 8.53. The first-order chi connectivity index (χ1) is 7.09. The third-order valence-corrected chi connectivity index (χ3v) is 2.75. The summed E-state index contributed by atoms with van der Waals surface area (Å²) in [6.45, 7) is 1.96. The molecule has 80 valence electrons. The Labute approximate surface area is 87.7 Å². The van der Waals surface area contributed by atoms with Gasteiger partial charge in [-0.2, -0.15) is 0 Å². The van der Waals surface area contributed by atoms with E-state index in [0.717, 1.165) is 6.42 Å². The molecule has 1 fully saturated rings. The molecule has 1 aromatic rings. The van der Waals surface area contributed by atoms with E-state index in [0.29, 0.717) is 12.1 Å². The van der Waals surface area contributed by atoms with Crippen LogP contribution in [0.15, 0.2) is 18.2 Å². The van der Waals surface area contributed by atoms with E-state index in [9.17, 15) is 9.18 Å². The Morgan fingerprint density at radius 2 is 2.27 bits per heavy atom. The molecule has 0 aliphatic carbocycles. The normalized spacial score (nSPS) is 21.1. The number of nitrogens with two attached hydrogens (primary N) is 1. The van der Waals surface area contributed by atoms with Crippen LogP contribution in [0.5, 0.6) is 0 Å². The second kappa shape index (κ2) is 3.53. The van der Waals surface area contributed by atoms with E-state index in [1.807, 2.05) is 6.92 Å². The summed E-state index contributed by atoms with van der Waals surface area (Å²) in [5.41, 5.74) is 6.08. The highest BCUT2D eigenvalue weighted by Gasteiger charge is 2.28. The molecule has 0 saturated carbocycles. The van der Waals surface area contributed by atoms with Crippen LogP contribution in [-0.2, 0) is 4.79 Å². The molecule has 0 bridgehead atoms. The molecule has 0 radical (unpaired) electrons. The Kier molecular flexibility index (Phi) is 2.34. The van der Waals surface area contributed by atoms with Gasteiger partial charge in [-0.1, -0.05) is 0 Å². The Balaban J connectivity index is 2.36. The minimum absolute atomic E-state index is 0.0478.